The highest BCUT2D eigenvalue weighted by atomic mass is 16.4. The molecule has 1 aliphatic heterocycles. The predicted octanol–water partition coefficient (Wildman–Crippen LogP) is -0.404. The molecule has 4 nitrogen and oxygen atoms in total. The van der Waals surface area contributed by atoms with Crippen LogP contribution in [-0.4, -0.2) is 23.0 Å². The maximum Gasteiger partial charge on any atom is 0.326 e. The average molecular weight is 131 g/mol. The summed E-state index contributed by atoms with van der Waals surface area (Å²) in [5.74, 6) is -1.14. The molecule has 0 spiro atoms. The van der Waals surface area contributed by atoms with Crippen molar-refractivity contribution < 1.29 is 14.7 Å². The number of carboxylic acid groups (broad SMARTS) is 1. The van der Waals surface area contributed by atoms with Crippen LogP contribution in [0.15, 0.2) is 0 Å². The average Bonchev–Trinajstić information content (AvgIpc) is 1.57. The molecule has 0 aromatic carbocycles. The van der Waals surface area contributed by atoms with Crippen molar-refractivity contribution >= 4 is 11.9 Å². The number of hydrogen-bond acceptors (Lipinski definition) is 2. The lowest BCUT2D eigenvalue weighted by atomic mass is 10.1. The molecule has 0 aromatic heterocycles. The van der Waals surface area contributed by atoms with Crippen molar-refractivity contribution in [1.82, 2.24) is 5.32 Å². The molecule has 1 amide bonds. The summed E-state index contributed by atoms with van der Waals surface area (Å²) >= 11 is 0. The molecule has 1 atom stereocenters. The van der Waals surface area contributed by atoms with Crippen LogP contribution in [0.3, 0.4) is 0 Å². The predicted molar refractivity (Wildman–Crippen MR) is 30.9 cm³/mol. The fraction of sp³-hybridized carbons (Fsp3) is 0.600. The lowest BCUT2D eigenvalue weighted by Crippen LogP contribution is -2.53. The van der Waals surface area contributed by atoms with Crippen LogP contribution in [0, 0.1) is 0 Å². The van der Waals surface area contributed by atoms with Gasteiger partial charge < -0.3 is 10.4 Å². The van der Waals surface area contributed by atoms with Gasteiger partial charge in [-0.1, -0.05) is 7.43 Å². The van der Waals surface area contributed by atoms with Crippen LogP contribution >= 0.6 is 0 Å². The third kappa shape index (κ3) is 1.42. The summed E-state index contributed by atoms with van der Waals surface area (Å²) in [4.78, 5) is 20.0. The van der Waals surface area contributed by atoms with E-state index in [-0.39, 0.29) is 19.8 Å². The fourth-order valence-corrected chi connectivity index (χ4v) is 0.508. The van der Waals surface area contributed by atoms with Crippen LogP contribution in [0.4, 0.5) is 0 Å². The van der Waals surface area contributed by atoms with E-state index in [1.807, 2.05) is 0 Å². The lowest BCUT2D eigenvalue weighted by Gasteiger charge is -2.21. The summed E-state index contributed by atoms with van der Waals surface area (Å²) in [7, 11) is 0. The first-order valence-electron chi connectivity index (χ1n) is 2.22. The molecule has 1 rings (SSSR count). The van der Waals surface area contributed by atoms with Gasteiger partial charge in [0.1, 0.15) is 6.04 Å². The van der Waals surface area contributed by atoms with Crippen molar-refractivity contribution in [3.63, 3.8) is 0 Å². The van der Waals surface area contributed by atoms with Gasteiger partial charge in [0.2, 0.25) is 5.91 Å². The number of carbonyl (C=O) groups is 2. The summed E-state index contributed by atoms with van der Waals surface area (Å²) in [6, 6.07) is -0.623. The smallest absolute Gasteiger partial charge is 0.326 e. The summed E-state index contributed by atoms with van der Waals surface area (Å²) in [6.45, 7) is 0. The van der Waals surface area contributed by atoms with Crippen molar-refractivity contribution in [2.24, 2.45) is 0 Å². The minimum Gasteiger partial charge on any atom is -0.480 e. The number of hydrogen-bond donors (Lipinski definition) is 2. The van der Waals surface area contributed by atoms with Gasteiger partial charge in [0.15, 0.2) is 0 Å². The molecule has 1 saturated heterocycles. The quantitative estimate of drug-likeness (QED) is 0.475. The van der Waals surface area contributed by atoms with Gasteiger partial charge in [-0.15, -0.1) is 0 Å². The second kappa shape index (κ2) is 2.48. The zero-order valence-electron chi connectivity index (χ0n) is 4.05. The van der Waals surface area contributed by atoms with E-state index in [9.17, 15) is 9.59 Å². The molecular formula is C5H9NO3. The molecule has 0 aromatic rings. The molecule has 1 heterocycles. The van der Waals surface area contributed by atoms with Gasteiger partial charge in [-0.2, -0.15) is 0 Å². The Morgan fingerprint density at radius 2 is 2.22 bits per heavy atom. The van der Waals surface area contributed by atoms with Gasteiger partial charge >= 0.3 is 5.97 Å². The molecule has 2 N–H and O–H groups in total. The molecular weight excluding hydrogens is 122 g/mol. The summed E-state index contributed by atoms with van der Waals surface area (Å²) in [5, 5.41) is 10.3. The van der Waals surface area contributed by atoms with Gasteiger partial charge in [-0.25, -0.2) is 4.79 Å². The topological polar surface area (TPSA) is 66.4 Å². The van der Waals surface area contributed by atoms with Crippen molar-refractivity contribution in [3.8, 4) is 0 Å². The van der Waals surface area contributed by atoms with Crippen molar-refractivity contribution in [2.45, 2.75) is 19.9 Å². The van der Waals surface area contributed by atoms with Gasteiger partial charge in [0.05, 0.1) is 6.42 Å². The Morgan fingerprint density at radius 3 is 2.33 bits per heavy atom. The molecule has 0 unspecified atom stereocenters. The number of aliphatic carboxylic acids is 1. The molecule has 4 heteroatoms. The number of carbonyl (C=O) groups excluding carboxylic acids is 1. The molecule has 52 valence electrons. The van der Waals surface area contributed by atoms with Crippen molar-refractivity contribution in [3.05, 3.63) is 0 Å². The van der Waals surface area contributed by atoms with Gasteiger partial charge in [0, 0.05) is 0 Å². The zero-order chi connectivity index (χ0) is 6.15. The van der Waals surface area contributed by atoms with Crippen LogP contribution in [0.5, 0.6) is 0 Å². The SMILES string of the molecule is C.O=C1C[C@@H](C(=O)O)N1. The molecule has 0 saturated carbocycles. The number of amides is 1. The molecule has 1 aliphatic rings. The Bertz CT molecular complexity index is 135. The Kier molecular flexibility index (Phi) is 2.19. The van der Waals surface area contributed by atoms with Crippen molar-refractivity contribution in [2.75, 3.05) is 0 Å². The number of nitrogens with one attached hydrogen (secondary N) is 1. The number of carboxylic acids is 1. The van der Waals surface area contributed by atoms with Crippen LogP contribution in [0.2, 0.25) is 0 Å². The maximum absolute atomic E-state index is 10.0. The second-order valence-electron chi connectivity index (χ2n) is 1.66. The molecule has 1 fully saturated rings. The van der Waals surface area contributed by atoms with Gasteiger partial charge in [-0.05, 0) is 0 Å². The third-order valence-electron chi connectivity index (χ3n) is 1.02. The summed E-state index contributed by atoms with van der Waals surface area (Å²) in [6.07, 6.45) is 0.134. The zero-order valence-corrected chi connectivity index (χ0v) is 4.05. The minimum atomic E-state index is -0.954. The van der Waals surface area contributed by atoms with Crippen molar-refractivity contribution in [1.29, 1.82) is 0 Å². The normalized spacial score (nSPS) is 23.1. The highest BCUT2D eigenvalue weighted by Gasteiger charge is 2.31. The van der Waals surface area contributed by atoms with Crippen LogP contribution in [0.25, 0.3) is 0 Å². The van der Waals surface area contributed by atoms with E-state index < -0.39 is 12.0 Å². The lowest BCUT2D eigenvalue weighted by molar-refractivity contribution is -0.147. The molecule has 9 heavy (non-hydrogen) atoms. The Labute approximate surface area is 52.9 Å². The Morgan fingerprint density at radius 1 is 1.78 bits per heavy atom. The Hall–Kier alpha value is -1.06. The Balaban J connectivity index is 0.000000640. The molecule has 0 bridgehead atoms. The van der Waals surface area contributed by atoms with Crippen LogP contribution < -0.4 is 5.32 Å². The largest absolute Gasteiger partial charge is 0.480 e. The van der Waals surface area contributed by atoms with E-state index in [0.29, 0.717) is 0 Å². The van der Waals surface area contributed by atoms with Crippen LogP contribution in [-0.2, 0) is 9.59 Å². The summed E-state index contributed by atoms with van der Waals surface area (Å²) in [5.41, 5.74) is 0. The first-order chi connectivity index (χ1) is 3.70. The first kappa shape index (κ1) is 7.94. The molecule has 0 radical (unpaired) electrons. The third-order valence-corrected chi connectivity index (χ3v) is 1.02. The summed E-state index contributed by atoms with van der Waals surface area (Å²) < 4.78 is 0. The van der Waals surface area contributed by atoms with E-state index in [1.54, 1.807) is 0 Å². The van der Waals surface area contributed by atoms with Gasteiger partial charge in [0.25, 0.3) is 0 Å². The monoisotopic (exact) mass is 131 g/mol. The van der Waals surface area contributed by atoms with E-state index in [4.69, 9.17) is 5.11 Å². The van der Waals surface area contributed by atoms with E-state index >= 15 is 0 Å². The maximum atomic E-state index is 10.0. The standard InChI is InChI=1S/C4H5NO3.CH4/c6-3-1-2(5-3)4(7)8;/h2H,1H2,(H,5,6)(H,7,8);1H4/t2-;/m0./s1. The first-order valence-corrected chi connectivity index (χ1v) is 2.22. The minimum absolute atomic E-state index is 0. The highest BCUT2D eigenvalue weighted by Crippen LogP contribution is 2.02. The highest BCUT2D eigenvalue weighted by molar-refractivity contribution is 5.94. The van der Waals surface area contributed by atoms with E-state index in [1.165, 1.54) is 0 Å². The molecule has 0 aliphatic carbocycles. The fourth-order valence-electron chi connectivity index (χ4n) is 0.508. The number of rotatable bonds is 1. The number of β-lactam (4-membered cyclic amide) rings is 1. The second-order valence-corrected chi connectivity index (χ2v) is 1.66. The van der Waals surface area contributed by atoms with E-state index in [0.717, 1.165) is 0 Å². The van der Waals surface area contributed by atoms with Crippen LogP contribution in [0.1, 0.15) is 13.8 Å². The van der Waals surface area contributed by atoms with Gasteiger partial charge in [-0.3, -0.25) is 4.79 Å². The van der Waals surface area contributed by atoms with E-state index in [2.05, 4.69) is 5.32 Å².